The van der Waals surface area contributed by atoms with E-state index in [1.54, 1.807) is 25.1 Å². The fourth-order valence-corrected chi connectivity index (χ4v) is 1.88. The van der Waals surface area contributed by atoms with Crippen LogP contribution in [-0.4, -0.2) is 11.1 Å². The lowest BCUT2D eigenvalue weighted by Gasteiger charge is -2.13. The minimum atomic E-state index is -1.35. The second-order valence-electron chi connectivity index (χ2n) is 4.39. The third kappa shape index (κ3) is 2.84. The van der Waals surface area contributed by atoms with Crippen LogP contribution in [0.1, 0.15) is 21.5 Å². The van der Waals surface area contributed by atoms with Crippen molar-refractivity contribution in [2.75, 3.05) is 5.32 Å². The molecule has 0 bridgehead atoms. The number of halogens is 2. The fraction of sp³-hybridized carbons (Fsp3) is 0.0625. The molecule has 0 aliphatic rings. The lowest BCUT2D eigenvalue weighted by Crippen LogP contribution is -2.07. The van der Waals surface area contributed by atoms with Crippen LogP contribution in [0, 0.1) is 30.9 Å². The monoisotopic (exact) mass is 287 g/mol. The van der Waals surface area contributed by atoms with E-state index in [0.29, 0.717) is 16.8 Å². The van der Waals surface area contributed by atoms with Crippen molar-refractivity contribution in [1.82, 2.24) is 0 Å². The molecule has 0 unspecified atom stereocenters. The number of hydrogen-bond acceptors (Lipinski definition) is 2. The molecule has 0 atom stereocenters. The SMILES string of the molecule is C#Cc1ccc(Nc2c(C(=O)O)ccc(F)c2F)c(C)c1. The number of aryl methyl sites for hydroxylation is 1. The van der Waals surface area contributed by atoms with Gasteiger partial charge in [-0.05, 0) is 42.8 Å². The summed E-state index contributed by atoms with van der Waals surface area (Å²) in [6, 6.07) is 6.67. The Morgan fingerprint density at radius 2 is 2.00 bits per heavy atom. The third-order valence-corrected chi connectivity index (χ3v) is 2.98. The molecule has 3 nitrogen and oxygen atoms in total. The van der Waals surface area contributed by atoms with E-state index in [-0.39, 0.29) is 5.56 Å². The summed E-state index contributed by atoms with van der Waals surface area (Å²) in [5, 5.41) is 11.7. The first-order valence-electron chi connectivity index (χ1n) is 5.99. The number of carboxylic acid groups (broad SMARTS) is 1. The van der Waals surface area contributed by atoms with Crippen LogP contribution in [0.3, 0.4) is 0 Å². The van der Waals surface area contributed by atoms with Crippen molar-refractivity contribution < 1.29 is 18.7 Å². The molecule has 0 aliphatic carbocycles. The third-order valence-electron chi connectivity index (χ3n) is 2.98. The summed E-state index contributed by atoms with van der Waals surface area (Å²) >= 11 is 0. The molecule has 0 radical (unpaired) electrons. The number of anilines is 2. The van der Waals surface area contributed by atoms with Gasteiger partial charge in [0.05, 0.1) is 11.3 Å². The molecule has 2 aromatic rings. The van der Waals surface area contributed by atoms with Crippen LogP contribution < -0.4 is 5.32 Å². The first-order valence-corrected chi connectivity index (χ1v) is 5.99. The maximum absolute atomic E-state index is 13.9. The molecule has 2 aromatic carbocycles. The second-order valence-corrected chi connectivity index (χ2v) is 4.39. The average Bonchev–Trinajstić information content (AvgIpc) is 2.45. The quantitative estimate of drug-likeness (QED) is 0.846. The highest BCUT2D eigenvalue weighted by molar-refractivity contribution is 5.95. The molecule has 0 saturated carbocycles. The zero-order chi connectivity index (χ0) is 15.6. The lowest BCUT2D eigenvalue weighted by atomic mass is 10.1. The van der Waals surface area contributed by atoms with E-state index in [0.717, 1.165) is 12.1 Å². The minimum Gasteiger partial charge on any atom is -0.478 e. The molecular formula is C16H11F2NO2. The summed E-state index contributed by atoms with van der Waals surface area (Å²) in [7, 11) is 0. The number of aromatic carboxylic acids is 1. The van der Waals surface area contributed by atoms with Crippen LogP contribution in [0.4, 0.5) is 20.2 Å². The molecule has 0 saturated heterocycles. The van der Waals surface area contributed by atoms with Gasteiger partial charge in [-0.25, -0.2) is 13.6 Å². The van der Waals surface area contributed by atoms with Gasteiger partial charge in [-0.3, -0.25) is 0 Å². The number of benzene rings is 2. The molecule has 106 valence electrons. The summed E-state index contributed by atoms with van der Waals surface area (Å²) in [6.45, 7) is 1.72. The van der Waals surface area contributed by atoms with E-state index in [4.69, 9.17) is 11.5 Å². The topological polar surface area (TPSA) is 49.3 Å². The van der Waals surface area contributed by atoms with Crippen LogP contribution in [0.15, 0.2) is 30.3 Å². The van der Waals surface area contributed by atoms with Gasteiger partial charge in [0.1, 0.15) is 0 Å². The van der Waals surface area contributed by atoms with Crippen molar-refractivity contribution >= 4 is 17.3 Å². The Labute approximate surface area is 120 Å². The molecule has 2 N–H and O–H groups in total. The Kier molecular flexibility index (Phi) is 3.90. The van der Waals surface area contributed by atoms with Gasteiger partial charge < -0.3 is 10.4 Å². The van der Waals surface area contributed by atoms with E-state index in [1.165, 1.54) is 0 Å². The van der Waals surface area contributed by atoms with Crippen molar-refractivity contribution in [3.8, 4) is 12.3 Å². The van der Waals surface area contributed by atoms with Gasteiger partial charge in [0.25, 0.3) is 0 Å². The van der Waals surface area contributed by atoms with Crippen LogP contribution in [-0.2, 0) is 0 Å². The summed E-state index contributed by atoms with van der Waals surface area (Å²) in [4.78, 5) is 11.1. The van der Waals surface area contributed by atoms with Crippen LogP contribution in [0.25, 0.3) is 0 Å². The Hall–Kier alpha value is -2.87. The van der Waals surface area contributed by atoms with Gasteiger partial charge in [0.15, 0.2) is 11.6 Å². The van der Waals surface area contributed by atoms with E-state index >= 15 is 0 Å². The first kappa shape index (κ1) is 14.5. The van der Waals surface area contributed by atoms with E-state index in [2.05, 4.69) is 11.2 Å². The highest BCUT2D eigenvalue weighted by Crippen LogP contribution is 2.28. The molecule has 5 heteroatoms. The van der Waals surface area contributed by atoms with Crippen molar-refractivity contribution in [3.05, 3.63) is 58.7 Å². The van der Waals surface area contributed by atoms with Crippen LogP contribution >= 0.6 is 0 Å². The standard InChI is InChI=1S/C16H11F2NO2/c1-3-10-4-7-13(9(2)8-10)19-15-11(16(20)21)5-6-12(17)14(15)18/h1,4-8,19H,2H3,(H,20,21). The smallest absolute Gasteiger partial charge is 0.337 e. The highest BCUT2D eigenvalue weighted by atomic mass is 19.2. The van der Waals surface area contributed by atoms with Crippen molar-refractivity contribution in [1.29, 1.82) is 0 Å². The van der Waals surface area contributed by atoms with Gasteiger partial charge in [0.2, 0.25) is 0 Å². The predicted molar refractivity (Wildman–Crippen MR) is 75.7 cm³/mol. The summed E-state index contributed by atoms with van der Waals surface area (Å²) in [5.41, 5.74) is 0.996. The van der Waals surface area contributed by atoms with Crippen LogP contribution in [0.2, 0.25) is 0 Å². The largest absolute Gasteiger partial charge is 0.478 e. The van der Waals surface area contributed by atoms with E-state index < -0.39 is 23.3 Å². The molecule has 2 rings (SSSR count). The van der Waals surface area contributed by atoms with Gasteiger partial charge in [-0.15, -0.1) is 6.42 Å². The van der Waals surface area contributed by atoms with E-state index in [1.807, 2.05) is 0 Å². The van der Waals surface area contributed by atoms with Crippen molar-refractivity contribution in [3.63, 3.8) is 0 Å². The summed E-state index contributed by atoms with van der Waals surface area (Å²) < 4.78 is 27.2. The Morgan fingerprint density at radius 3 is 2.57 bits per heavy atom. The fourth-order valence-electron chi connectivity index (χ4n) is 1.88. The summed E-state index contributed by atoms with van der Waals surface area (Å²) in [5.74, 6) is -1.26. The number of rotatable bonds is 3. The molecule has 21 heavy (non-hydrogen) atoms. The maximum Gasteiger partial charge on any atom is 0.337 e. The number of terminal acetylenes is 1. The number of carbonyl (C=O) groups is 1. The van der Waals surface area contributed by atoms with Crippen molar-refractivity contribution in [2.24, 2.45) is 0 Å². The Bertz CT molecular complexity index is 764. The zero-order valence-corrected chi connectivity index (χ0v) is 11.1. The minimum absolute atomic E-state index is 0.352. The first-order chi connectivity index (χ1) is 9.93. The molecule has 0 spiro atoms. The maximum atomic E-state index is 13.9. The van der Waals surface area contributed by atoms with Gasteiger partial charge in [-0.1, -0.05) is 5.92 Å². The van der Waals surface area contributed by atoms with Gasteiger partial charge >= 0.3 is 5.97 Å². The normalized spacial score (nSPS) is 10.0. The molecule has 0 fully saturated rings. The van der Waals surface area contributed by atoms with E-state index in [9.17, 15) is 13.6 Å². The zero-order valence-electron chi connectivity index (χ0n) is 11.1. The molecule has 0 aromatic heterocycles. The lowest BCUT2D eigenvalue weighted by molar-refractivity contribution is 0.0697. The number of carboxylic acids is 1. The summed E-state index contributed by atoms with van der Waals surface area (Å²) in [6.07, 6.45) is 5.27. The number of nitrogens with one attached hydrogen (secondary N) is 1. The second kappa shape index (κ2) is 5.63. The Balaban J connectivity index is 2.51. The van der Waals surface area contributed by atoms with Gasteiger partial charge in [-0.2, -0.15) is 0 Å². The number of hydrogen-bond donors (Lipinski definition) is 2. The molecule has 0 amide bonds. The van der Waals surface area contributed by atoms with Gasteiger partial charge in [0, 0.05) is 11.3 Å². The highest BCUT2D eigenvalue weighted by Gasteiger charge is 2.18. The molecular weight excluding hydrogens is 276 g/mol. The van der Waals surface area contributed by atoms with Crippen LogP contribution in [0.5, 0.6) is 0 Å². The van der Waals surface area contributed by atoms with Crippen molar-refractivity contribution in [2.45, 2.75) is 6.92 Å². The Morgan fingerprint density at radius 1 is 1.29 bits per heavy atom. The molecule has 0 aliphatic heterocycles. The predicted octanol–water partition coefficient (Wildman–Crippen LogP) is 3.70. The molecule has 0 heterocycles. The average molecular weight is 287 g/mol.